The third kappa shape index (κ3) is 4.84. The zero-order valence-electron chi connectivity index (χ0n) is 14.0. The highest BCUT2D eigenvalue weighted by molar-refractivity contribution is 5.91. The molecule has 0 spiro atoms. The Morgan fingerprint density at radius 2 is 1.83 bits per heavy atom. The molecule has 0 saturated heterocycles. The first kappa shape index (κ1) is 17.5. The number of hydrogen-bond donors (Lipinski definition) is 1. The first-order valence-electron chi connectivity index (χ1n) is 7.66. The van der Waals surface area contributed by atoms with Gasteiger partial charge in [0.15, 0.2) is 6.61 Å². The molecule has 0 radical (unpaired) electrons. The number of esters is 1. The number of hydrogen-bond acceptors (Lipinski definition) is 4. The molecule has 1 amide bonds. The summed E-state index contributed by atoms with van der Waals surface area (Å²) in [7, 11) is 1.60. The maximum Gasteiger partial charge on any atom is 0.338 e. The Labute approximate surface area is 141 Å². The van der Waals surface area contributed by atoms with Crippen LogP contribution in [0.4, 0.5) is 0 Å². The number of carbonyl (C=O) groups is 2. The summed E-state index contributed by atoms with van der Waals surface area (Å²) in [6, 6.07) is 14.3. The van der Waals surface area contributed by atoms with Gasteiger partial charge in [0.1, 0.15) is 5.75 Å². The van der Waals surface area contributed by atoms with Crippen LogP contribution in [0.5, 0.6) is 5.75 Å². The van der Waals surface area contributed by atoms with E-state index in [-0.39, 0.29) is 18.6 Å². The minimum atomic E-state index is -0.508. The monoisotopic (exact) mass is 327 g/mol. The molecule has 0 aliphatic carbocycles. The quantitative estimate of drug-likeness (QED) is 0.828. The second-order valence-corrected chi connectivity index (χ2v) is 5.51. The summed E-state index contributed by atoms with van der Waals surface area (Å²) in [5.74, 6) is -0.102. The van der Waals surface area contributed by atoms with Gasteiger partial charge in [-0.3, -0.25) is 4.79 Å². The molecule has 126 valence electrons. The van der Waals surface area contributed by atoms with Crippen LogP contribution in [-0.4, -0.2) is 25.6 Å². The van der Waals surface area contributed by atoms with Crippen molar-refractivity contribution in [3.05, 3.63) is 65.2 Å². The van der Waals surface area contributed by atoms with E-state index in [1.54, 1.807) is 25.3 Å². The van der Waals surface area contributed by atoms with Crippen molar-refractivity contribution >= 4 is 11.9 Å². The van der Waals surface area contributed by atoms with Crippen LogP contribution in [0.1, 0.15) is 34.5 Å². The third-order valence-electron chi connectivity index (χ3n) is 3.58. The highest BCUT2D eigenvalue weighted by Crippen LogP contribution is 2.17. The van der Waals surface area contributed by atoms with Crippen molar-refractivity contribution in [3.8, 4) is 5.75 Å². The van der Waals surface area contributed by atoms with Gasteiger partial charge in [-0.05, 0) is 43.7 Å². The topological polar surface area (TPSA) is 64.6 Å². The highest BCUT2D eigenvalue weighted by atomic mass is 16.5. The zero-order chi connectivity index (χ0) is 17.5. The SMILES string of the molecule is COc1ccc([C@@H](C)NC(=O)COC(=O)c2cccc(C)c2)cc1. The van der Waals surface area contributed by atoms with E-state index >= 15 is 0 Å². The summed E-state index contributed by atoms with van der Waals surface area (Å²) in [6.45, 7) is 3.44. The van der Waals surface area contributed by atoms with Crippen LogP contribution < -0.4 is 10.1 Å². The molecular weight excluding hydrogens is 306 g/mol. The molecule has 0 aromatic heterocycles. The predicted octanol–water partition coefficient (Wildman–Crippen LogP) is 3.04. The summed E-state index contributed by atoms with van der Waals surface area (Å²) in [5.41, 5.74) is 2.34. The van der Waals surface area contributed by atoms with Gasteiger partial charge in [0.05, 0.1) is 18.7 Å². The minimum Gasteiger partial charge on any atom is -0.497 e. The lowest BCUT2D eigenvalue weighted by Crippen LogP contribution is -2.31. The fourth-order valence-corrected chi connectivity index (χ4v) is 2.25. The normalized spacial score (nSPS) is 11.5. The minimum absolute atomic E-state index is 0.193. The van der Waals surface area contributed by atoms with E-state index < -0.39 is 5.97 Å². The van der Waals surface area contributed by atoms with Crippen LogP contribution in [0.25, 0.3) is 0 Å². The molecule has 0 heterocycles. The maximum atomic E-state index is 11.9. The smallest absolute Gasteiger partial charge is 0.338 e. The molecule has 24 heavy (non-hydrogen) atoms. The van der Waals surface area contributed by atoms with E-state index in [9.17, 15) is 9.59 Å². The molecular formula is C19H21NO4. The summed E-state index contributed by atoms with van der Waals surface area (Å²) in [6.07, 6.45) is 0. The lowest BCUT2D eigenvalue weighted by atomic mass is 10.1. The first-order valence-corrected chi connectivity index (χ1v) is 7.66. The fourth-order valence-electron chi connectivity index (χ4n) is 2.25. The van der Waals surface area contributed by atoms with Crippen molar-refractivity contribution in [2.45, 2.75) is 19.9 Å². The first-order chi connectivity index (χ1) is 11.5. The van der Waals surface area contributed by atoms with Crippen LogP contribution in [0.3, 0.4) is 0 Å². The molecule has 0 aliphatic rings. The second kappa shape index (κ2) is 8.15. The van der Waals surface area contributed by atoms with Crippen LogP contribution in [-0.2, 0) is 9.53 Å². The molecule has 0 saturated carbocycles. The fraction of sp³-hybridized carbons (Fsp3) is 0.263. The van der Waals surface area contributed by atoms with Gasteiger partial charge >= 0.3 is 5.97 Å². The predicted molar refractivity (Wildman–Crippen MR) is 91.0 cm³/mol. The van der Waals surface area contributed by atoms with Crippen molar-refractivity contribution in [2.75, 3.05) is 13.7 Å². The molecule has 0 fully saturated rings. The summed E-state index contributed by atoms with van der Waals surface area (Å²) in [4.78, 5) is 23.9. The van der Waals surface area contributed by atoms with Gasteiger partial charge in [-0.25, -0.2) is 4.79 Å². The number of aryl methyl sites for hydroxylation is 1. The highest BCUT2D eigenvalue weighted by Gasteiger charge is 2.13. The number of benzene rings is 2. The molecule has 2 aromatic rings. The largest absolute Gasteiger partial charge is 0.497 e. The standard InChI is InChI=1S/C19H21NO4/c1-13-5-4-6-16(11-13)19(22)24-12-18(21)20-14(2)15-7-9-17(23-3)10-8-15/h4-11,14H,12H2,1-3H3,(H,20,21)/t14-/m1/s1. The Morgan fingerprint density at radius 3 is 2.46 bits per heavy atom. The van der Waals surface area contributed by atoms with Crippen molar-refractivity contribution in [3.63, 3.8) is 0 Å². The summed E-state index contributed by atoms with van der Waals surface area (Å²) in [5, 5.41) is 2.79. The Kier molecular flexibility index (Phi) is 5.95. The van der Waals surface area contributed by atoms with Gasteiger partial charge in [-0.1, -0.05) is 29.8 Å². The van der Waals surface area contributed by atoms with Gasteiger partial charge in [0, 0.05) is 0 Å². The Balaban J connectivity index is 1.85. The Morgan fingerprint density at radius 1 is 1.12 bits per heavy atom. The zero-order valence-corrected chi connectivity index (χ0v) is 14.0. The number of amides is 1. The molecule has 2 rings (SSSR count). The van der Waals surface area contributed by atoms with Crippen molar-refractivity contribution in [1.29, 1.82) is 0 Å². The van der Waals surface area contributed by atoms with Crippen LogP contribution in [0, 0.1) is 6.92 Å². The maximum absolute atomic E-state index is 11.9. The molecule has 1 atom stereocenters. The summed E-state index contributed by atoms with van der Waals surface area (Å²) < 4.78 is 10.1. The molecule has 5 heteroatoms. The molecule has 0 aliphatic heterocycles. The van der Waals surface area contributed by atoms with E-state index in [0.29, 0.717) is 5.56 Å². The molecule has 0 unspecified atom stereocenters. The number of rotatable bonds is 6. The van der Waals surface area contributed by atoms with Crippen LogP contribution >= 0.6 is 0 Å². The number of methoxy groups -OCH3 is 1. The van der Waals surface area contributed by atoms with Gasteiger partial charge in [-0.2, -0.15) is 0 Å². The number of ether oxygens (including phenoxy) is 2. The van der Waals surface area contributed by atoms with Gasteiger partial charge in [-0.15, -0.1) is 0 Å². The van der Waals surface area contributed by atoms with E-state index in [1.165, 1.54) is 0 Å². The van der Waals surface area contributed by atoms with Crippen molar-refractivity contribution in [1.82, 2.24) is 5.32 Å². The number of nitrogens with one attached hydrogen (secondary N) is 1. The van der Waals surface area contributed by atoms with E-state index in [0.717, 1.165) is 16.9 Å². The van der Waals surface area contributed by atoms with E-state index in [1.807, 2.05) is 44.2 Å². The third-order valence-corrected chi connectivity index (χ3v) is 3.58. The lowest BCUT2D eigenvalue weighted by molar-refractivity contribution is -0.124. The van der Waals surface area contributed by atoms with Crippen LogP contribution in [0.15, 0.2) is 48.5 Å². The lowest BCUT2D eigenvalue weighted by Gasteiger charge is -2.15. The average Bonchev–Trinajstić information content (AvgIpc) is 2.59. The average molecular weight is 327 g/mol. The van der Waals surface area contributed by atoms with Gasteiger partial charge in [0.25, 0.3) is 5.91 Å². The number of carbonyl (C=O) groups excluding carboxylic acids is 2. The Hall–Kier alpha value is -2.82. The molecule has 1 N–H and O–H groups in total. The van der Waals surface area contributed by atoms with E-state index in [2.05, 4.69) is 5.32 Å². The molecule has 5 nitrogen and oxygen atoms in total. The molecule has 0 bridgehead atoms. The van der Waals surface area contributed by atoms with Gasteiger partial charge < -0.3 is 14.8 Å². The van der Waals surface area contributed by atoms with Crippen molar-refractivity contribution in [2.24, 2.45) is 0 Å². The van der Waals surface area contributed by atoms with Crippen molar-refractivity contribution < 1.29 is 19.1 Å². The van der Waals surface area contributed by atoms with E-state index in [4.69, 9.17) is 9.47 Å². The summed E-state index contributed by atoms with van der Waals surface area (Å²) >= 11 is 0. The second-order valence-electron chi connectivity index (χ2n) is 5.51. The van der Waals surface area contributed by atoms with Crippen LogP contribution in [0.2, 0.25) is 0 Å². The van der Waals surface area contributed by atoms with Gasteiger partial charge in [0.2, 0.25) is 0 Å². The Bertz CT molecular complexity index is 710. The molecule has 2 aromatic carbocycles.